The van der Waals surface area contributed by atoms with Crippen LogP contribution < -0.4 is 0 Å². The van der Waals surface area contributed by atoms with Gasteiger partial charge < -0.3 is 9.64 Å². The third-order valence-electron chi connectivity index (χ3n) is 3.72. The number of H-pyrrole nitrogens is 1. The summed E-state index contributed by atoms with van der Waals surface area (Å²) in [4.78, 5) is 26.4. The molecule has 0 fully saturated rings. The standard InChI is InChI=1S/C20H27N3O3/c1-14(2)11-23(12-15(3)4)19(24)13-26-20(25)18-10-17(21-22-18)16-8-6-5-7-9-16/h5-10,14-15H,11-13H2,1-4H3,(H,21,22). The number of carbonyl (C=O) groups is 2. The molecule has 26 heavy (non-hydrogen) atoms. The van der Waals surface area contributed by atoms with Gasteiger partial charge in [0.05, 0.1) is 5.69 Å². The van der Waals surface area contributed by atoms with Gasteiger partial charge in [0.25, 0.3) is 5.91 Å². The first kappa shape index (κ1) is 19.7. The molecule has 1 aromatic carbocycles. The Kier molecular flexibility index (Phi) is 6.95. The van der Waals surface area contributed by atoms with E-state index in [9.17, 15) is 9.59 Å². The summed E-state index contributed by atoms with van der Waals surface area (Å²) in [5.74, 6) is -0.0468. The Balaban J connectivity index is 1.95. The Morgan fingerprint density at radius 2 is 1.69 bits per heavy atom. The fraction of sp³-hybridized carbons (Fsp3) is 0.450. The van der Waals surface area contributed by atoms with Crippen molar-refractivity contribution < 1.29 is 14.3 Å². The second-order valence-corrected chi connectivity index (χ2v) is 7.20. The van der Waals surface area contributed by atoms with Crippen molar-refractivity contribution in [1.82, 2.24) is 15.1 Å². The molecule has 6 heteroatoms. The van der Waals surface area contributed by atoms with E-state index >= 15 is 0 Å². The summed E-state index contributed by atoms with van der Waals surface area (Å²) in [5.41, 5.74) is 1.79. The van der Waals surface area contributed by atoms with Crippen molar-refractivity contribution in [1.29, 1.82) is 0 Å². The fourth-order valence-corrected chi connectivity index (χ4v) is 2.64. The minimum atomic E-state index is -0.581. The number of esters is 1. The molecule has 0 radical (unpaired) electrons. The van der Waals surface area contributed by atoms with Gasteiger partial charge >= 0.3 is 5.97 Å². The lowest BCUT2D eigenvalue weighted by Crippen LogP contribution is -2.39. The first-order chi connectivity index (χ1) is 12.4. The van der Waals surface area contributed by atoms with E-state index in [1.807, 2.05) is 30.3 Å². The second-order valence-electron chi connectivity index (χ2n) is 7.20. The molecule has 1 N–H and O–H groups in total. The Bertz CT molecular complexity index is 713. The molecule has 0 bridgehead atoms. The first-order valence-corrected chi connectivity index (χ1v) is 8.92. The normalized spacial score (nSPS) is 11.0. The zero-order valence-electron chi connectivity index (χ0n) is 15.9. The van der Waals surface area contributed by atoms with Crippen LogP contribution in [0.2, 0.25) is 0 Å². The highest BCUT2D eigenvalue weighted by Gasteiger charge is 2.19. The van der Waals surface area contributed by atoms with Gasteiger partial charge in [-0.1, -0.05) is 58.0 Å². The van der Waals surface area contributed by atoms with E-state index in [4.69, 9.17) is 4.74 Å². The van der Waals surface area contributed by atoms with Crippen LogP contribution in [-0.2, 0) is 9.53 Å². The van der Waals surface area contributed by atoms with E-state index in [1.165, 1.54) is 0 Å². The van der Waals surface area contributed by atoms with Crippen molar-refractivity contribution in [2.45, 2.75) is 27.7 Å². The maximum absolute atomic E-state index is 12.4. The molecule has 0 spiro atoms. The van der Waals surface area contributed by atoms with E-state index in [-0.39, 0.29) is 18.2 Å². The highest BCUT2D eigenvalue weighted by atomic mass is 16.5. The van der Waals surface area contributed by atoms with Gasteiger partial charge in [0.15, 0.2) is 6.61 Å². The molecule has 0 saturated carbocycles. The third-order valence-corrected chi connectivity index (χ3v) is 3.72. The number of nitrogens with one attached hydrogen (secondary N) is 1. The van der Waals surface area contributed by atoms with Crippen LogP contribution in [-0.4, -0.2) is 46.7 Å². The van der Waals surface area contributed by atoms with Gasteiger partial charge in [-0.25, -0.2) is 4.79 Å². The number of hydrogen-bond acceptors (Lipinski definition) is 4. The molecular weight excluding hydrogens is 330 g/mol. The zero-order chi connectivity index (χ0) is 19.1. The molecule has 140 valence electrons. The monoisotopic (exact) mass is 357 g/mol. The summed E-state index contributed by atoms with van der Waals surface area (Å²) in [7, 11) is 0. The lowest BCUT2D eigenvalue weighted by atomic mass is 10.1. The number of aromatic nitrogens is 2. The number of rotatable bonds is 8. The molecule has 0 atom stereocenters. The molecule has 2 aromatic rings. The molecular formula is C20H27N3O3. The van der Waals surface area contributed by atoms with Crippen LogP contribution in [0.4, 0.5) is 0 Å². The summed E-state index contributed by atoms with van der Waals surface area (Å²) < 4.78 is 5.18. The smallest absolute Gasteiger partial charge is 0.356 e. The van der Waals surface area contributed by atoms with Gasteiger partial charge in [0.1, 0.15) is 5.69 Å². The average Bonchev–Trinajstić information content (AvgIpc) is 3.09. The first-order valence-electron chi connectivity index (χ1n) is 8.92. The van der Waals surface area contributed by atoms with Crippen LogP contribution in [0.3, 0.4) is 0 Å². The van der Waals surface area contributed by atoms with Crippen molar-refractivity contribution in [3.8, 4) is 11.3 Å². The van der Waals surface area contributed by atoms with Gasteiger partial charge in [0.2, 0.25) is 0 Å². The van der Waals surface area contributed by atoms with E-state index in [2.05, 4.69) is 37.9 Å². The quantitative estimate of drug-likeness (QED) is 0.735. The number of hydrogen-bond donors (Lipinski definition) is 1. The molecule has 0 aliphatic rings. The van der Waals surface area contributed by atoms with Crippen molar-refractivity contribution in [3.05, 3.63) is 42.1 Å². The Labute approximate surface area is 154 Å². The van der Waals surface area contributed by atoms with Crippen molar-refractivity contribution >= 4 is 11.9 Å². The number of benzene rings is 1. The van der Waals surface area contributed by atoms with Crippen molar-refractivity contribution in [2.24, 2.45) is 11.8 Å². The van der Waals surface area contributed by atoms with Gasteiger partial charge in [-0.2, -0.15) is 5.10 Å². The topological polar surface area (TPSA) is 75.3 Å². The zero-order valence-corrected chi connectivity index (χ0v) is 15.9. The van der Waals surface area contributed by atoms with E-state index in [1.54, 1.807) is 11.0 Å². The number of aromatic amines is 1. The lowest BCUT2D eigenvalue weighted by molar-refractivity contribution is -0.135. The van der Waals surface area contributed by atoms with Crippen molar-refractivity contribution in [2.75, 3.05) is 19.7 Å². The third kappa shape index (κ3) is 5.72. The van der Waals surface area contributed by atoms with Crippen LogP contribution in [0.5, 0.6) is 0 Å². The maximum Gasteiger partial charge on any atom is 0.356 e. The molecule has 2 rings (SSSR count). The Morgan fingerprint density at radius 1 is 1.08 bits per heavy atom. The Hall–Kier alpha value is -2.63. The molecule has 0 unspecified atom stereocenters. The summed E-state index contributed by atoms with van der Waals surface area (Å²) in [6.45, 7) is 9.26. The van der Waals surface area contributed by atoms with Crippen LogP contribution in [0.1, 0.15) is 38.2 Å². The minimum Gasteiger partial charge on any atom is -0.451 e. The second kappa shape index (κ2) is 9.17. The predicted molar refractivity (Wildman–Crippen MR) is 101 cm³/mol. The molecule has 1 heterocycles. The summed E-state index contributed by atoms with van der Waals surface area (Å²) >= 11 is 0. The molecule has 0 aliphatic heterocycles. The summed E-state index contributed by atoms with van der Waals surface area (Å²) in [5, 5.41) is 6.80. The van der Waals surface area contributed by atoms with Crippen LogP contribution in [0.25, 0.3) is 11.3 Å². The van der Waals surface area contributed by atoms with Gasteiger partial charge in [0, 0.05) is 18.7 Å². The number of nitrogens with zero attached hydrogens (tertiary/aromatic N) is 2. The maximum atomic E-state index is 12.4. The van der Waals surface area contributed by atoms with E-state index in [0.29, 0.717) is 30.6 Å². The molecule has 0 saturated heterocycles. The van der Waals surface area contributed by atoms with E-state index in [0.717, 1.165) is 5.56 Å². The minimum absolute atomic E-state index is 0.177. The van der Waals surface area contributed by atoms with Gasteiger partial charge in [-0.3, -0.25) is 9.89 Å². The molecule has 1 aromatic heterocycles. The predicted octanol–water partition coefficient (Wildman–Crippen LogP) is 3.37. The largest absolute Gasteiger partial charge is 0.451 e. The average molecular weight is 357 g/mol. The van der Waals surface area contributed by atoms with Crippen LogP contribution in [0, 0.1) is 11.8 Å². The van der Waals surface area contributed by atoms with Gasteiger partial charge in [-0.05, 0) is 17.9 Å². The molecule has 0 aliphatic carbocycles. The van der Waals surface area contributed by atoms with E-state index < -0.39 is 5.97 Å². The highest BCUT2D eigenvalue weighted by Crippen LogP contribution is 2.17. The molecule has 1 amide bonds. The fourth-order valence-electron chi connectivity index (χ4n) is 2.64. The number of amides is 1. The SMILES string of the molecule is CC(C)CN(CC(C)C)C(=O)COC(=O)c1cc(-c2ccccc2)n[nH]1. The lowest BCUT2D eigenvalue weighted by Gasteiger charge is -2.26. The highest BCUT2D eigenvalue weighted by molar-refractivity contribution is 5.90. The van der Waals surface area contributed by atoms with Crippen LogP contribution >= 0.6 is 0 Å². The molecule has 6 nitrogen and oxygen atoms in total. The number of carbonyl (C=O) groups excluding carboxylic acids is 2. The van der Waals surface area contributed by atoms with Gasteiger partial charge in [-0.15, -0.1) is 0 Å². The van der Waals surface area contributed by atoms with Crippen molar-refractivity contribution in [3.63, 3.8) is 0 Å². The number of ether oxygens (including phenoxy) is 1. The van der Waals surface area contributed by atoms with Crippen LogP contribution in [0.15, 0.2) is 36.4 Å². The summed E-state index contributed by atoms with van der Waals surface area (Å²) in [6, 6.07) is 11.2. The Morgan fingerprint density at radius 3 is 2.27 bits per heavy atom. The summed E-state index contributed by atoms with van der Waals surface area (Å²) in [6.07, 6.45) is 0.